The van der Waals surface area contributed by atoms with Gasteiger partial charge in [0.2, 0.25) is 5.54 Å². The molecule has 0 fully saturated rings. The molecule has 0 unspecified atom stereocenters. The van der Waals surface area contributed by atoms with E-state index in [1.165, 1.54) is 0 Å². The van der Waals surface area contributed by atoms with Crippen molar-refractivity contribution in [2.24, 2.45) is 0 Å². The van der Waals surface area contributed by atoms with Gasteiger partial charge in [-0.3, -0.25) is 5.01 Å². The largest absolute Gasteiger partial charge is 0.420 e. The van der Waals surface area contributed by atoms with Gasteiger partial charge in [0.25, 0.3) is 0 Å². The van der Waals surface area contributed by atoms with Gasteiger partial charge >= 0.3 is 22.5 Å². The van der Waals surface area contributed by atoms with E-state index < -0.39 is 50.3 Å². The summed E-state index contributed by atoms with van der Waals surface area (Å²) in [5.41, 5.74) is -4.19. The highest BCUT2D eigenvalue weighted by Crippen LogP contribution is 2.47. The lowest BCUT2D eigenvalue weighted by Gasteiger charge is -2.34. The second-order valence-corrected chi connectivity index (χ2v) is 7.10. The Morgan fingerprint density at radius 3 is 2.12 bits per heavy atom. The van der Waals surface area contributed by atoms with Gasteiger partial charge in [-0.25, -0.2) is 9.82 Å². The van der Waals surface area contributed by atoms with Crippen LogP contribution >= 0.6 is 11.6 Å². The Bertz CT molecular complexity index is 838. The summed E-state index contributed by atoms with van der Waals surface area (Å²) < 4.78 is 119. The van der Waals surface area contributed by atoms with E-state index in [9.17, 15) is 39.2 Å². The smallest absolute Gasteiger partial charge is 0.381 e. The number of hydrogen-bond acceptors (Lipinski definition) is 5. The number of hydrogen-bond donors (Lipinski definition) is 1. The lowest BCUT2D eigenvalue weighted by molar-refractivity contribution is -0.288. The van der Waals surface area contributed by atoms with E-state index in [0.29, 0.717) is 24.6 Å². The van der Waals surface area contributed by atoms with Gasteiger partial charge in [-0.1, -0.05) is 11.6 Å². The van der Waals surface area contributed by atoms with Crippen LogP contribution in [-0.4, -0.2) is 32.6 Å². The molecule has 0 radical (unpaired) electrons. The second kappa shape index (κ2) is 6.16. The van der Waals surface area contributed by atoms with Crippen molar-refractivity contribution in [3.63, 3.8) is 0 Å². The average molecular weight is 429 g/mol. The first-order valence-electron chi connectivity index (χ1n) is 6.36. The maximum absolute atomic E-state index is 14.0. The van der Waals surface area contributed by atoms with Crippen LogP contribution in [0.3, 0.4) is 0 Å². The van der Waals surface area contributed by atoms with Crippen molar-refractivity contribution in [3.05, 3.63) is 35.2 Å². The summed E-state index contributed by atoms with van der Waals surface area (Å²) in [4.78, 5) is 0. The van der Waals surface area contributed by atoms with E-state index in [1.54, 1.807) is 0 Å². The van der Waals surface area contributed by atoms with Gasteiger partial charge in [0.05, 0.1) is 17.0 Å². The van der Waals surface area contributed by atoms with Gasteiger partial charge in [-0.05, 0) is 12.1 Å². The number of nitrogens with zero attached hydrogens (tertiary/aromatic N) is 1. The molecule has 0 aliphatic carbocycles. The minimum absolute atomic E-state index is 0.0990. The Kier molecular flexibility index (Phi) is 4.88. The molecule has 1 aliphatic heterocycles. The van der Waals surface area contributed by atoms with Crippen LogP contribution in [0.1, 0.15) is 0 Å². The van der Waals surface area contributed by atoms with Crippen molar-refractivity contribution in [2.75, 3.05) is 11.3 Å². The average Bonchev–Trinajstić information content (AvgIpc) is 2.86. The van der Waals surface area contributed by atoms with Crippen LogP contribution in [0.5, 0.6) is 5.75 Å². The van der Waals surface area contributed by atoms with Crippen molar-refractivity contribution in [2.45, 2.75) is 17.9 Å². The molecule has 0 spiro atoms. The number of halogens is 8. The minimum Gasteiger partial charge on any atom is -0.381 e. The van der Waals surface area contributed by atoms with Crippen LogP contribution in [0.4, 0.5) is 36.4 Å². The van der Waals surface area contributed by atoms with Crippen LogP contribution in [0.25, 0.3) is 0 Å². The molecule has 0 amide bonds. The SMILES string of the molecule is CS(=O)(=O)Oc1cc(N2C=CC(C(F)(F)F)(C(F)(F)F)N2)c(F)cc1Cl. The molecule has 146 valence electrons. The van der Waals surface area contributed by atoms with Crippen molar-refractivity contribution < 1.29 is 43.3 Å². The van der Waals surface area contributed by atoms with E-state index in [4.69, 9.17) is 11.6 Å². The monoisotopic (exact) mass is 428 g/mol. The molecule has 5 nitrogen and oxygen atoms in total. The van der Waals surface area contributed by atoms with Crippen LogP contribution in [-0.2, 0) is 10.1 Å². The third kappa shape index (κ3) is 3.69. The number of benzene rings is 1. The van der Waals surface area contributed by atoms with Gasteiger partial charge in [-0.2, -0.15) is 34.8 Å². The Hall–Kier alpha value is -1.73. The van der Waals surface area contributed by atoms with Gasteiger partial charge in [0, 0.05) is 12.3 Å². The highest BCUT2D eigenvalue weighted by molar-refractivity contribution is 7.86. The molecule has 0 bridgehead atoms. The molecule has 1 aliphatic rings. The van der Waals surface area contributed by atoms with E-state index in [2.05, 4.69) is 4.18 Å². The Morgan fingerprint density at radius 2 is 1.69 bits per heavy atom. The molecular formula is C12H8ClF7N2O3S. The molecule has 14 heteroatoms. The van der Waals surface area contributed by atoms with Gasteiger partial charge in [0.15, 0.2) is 5.75 Å². The topological polar surface area (TPSA) is 58.6 Å². The first kappa shape index (κ1) is 20.6. The number of rotatable bonds is 3. The Balaban J connectivity index is 2.49. The highest BCUT2D eigenvalue weighted by Gasteiger charge is 2.72. The van der Waals surface area contributed by atoms with Crippen molar-refractivity contribution in [1.82, 2.24) is 5.43 Å². The molecule has 0 atom stereocenters. The summed E-state index contributed by atoms with van der Waals surface area (Å²) in [6.45, 7) is 0. The molecule has 1 aromatic rings. The molecule has 0 saturated heterocycles. The molecule has 0 saturated carbocycles. The van der Waals surface area contributed by atoms with E-state index in [0.717, 1.165) is 5.43 Å². The predicted octanol–water partition coefficient (Wildman–Crippen LogP) is 3.52. The fourth-order valence-electron chi connectivity index (χ4n) is 2.00. The highest BCUT2D eigenvalue weighted by atomic mass is 35.5. The van der Waals surface area contributed by atoms with Crippen molar-refractivity contribution >= 4 is 27.4 Å². The van der Waals surface area contributed by atoms with Crippen LogP contribution < -0.4 is 14.6 Å². The van der Waals surface area contributed by atoms with Crippen LogP contribution in [0, 0.1) is 5.82 Å². The summed E-state index contributed by atoms with van der Waals surface area (Å²) >= 11 is 5.57. The molecule has 2 rings (SSSR count). The van der Waals surface area contributed by atoms with E-state index in [-0.39, 0.29) is 11.1 Å². The van der Waals surface area contributed by atoms with E-state index >= 15 is 0 Å². The number of anilines is 1. The van der Waals surface area contributed by atoms with Gasteiger partial charge in [0.1, 0.15) is 5.82 Å². The third-order valence-corrected chi connectivity index (χ3v) is 3.94. The zero-order chi connectivity index (χ0) is 20.1. The number of hydrazine groups is 1. The summed E-state index contributed by atoms with van der Waals surface area (Å²) in [6, 6.07) is 1.02. The minimum atomic E-state index is -5.80. The number of nitrogens with one attached hydrogen (secondary N) is 1. The van der Waals surface area contributed by atoms with Gasteiger partial charge in [-0.15, -0.1) is 0 Å². The fraction of sp³-hybridized carbons (Fsp3) is 0.333. The zero-order valence-corrected chi connectivity index (χ0v) is 14.0. The summed E-state index contributed by atoms with van der Waals surface area (Å²) in [7, 11) is -4.15. The first-order chi connectivity index (χ1) is 11.6. The predicted molar refractivity (Wildman–Crippen MR) is 76.5 cm³/mol. The standard InChI is InChI=1S/C12H8ClF7N2O3S/c1-26(23,24)25-9-5-8(7(14)4-6(9)13)22-3-2-10(21-22,11(15,16)17)12(18,19)20/h2-5,21H,1H3. The summed E-state index contributed by atoms with van der Waals surface area (Å²) in [5.74, 6) is -2.01. The Morgan fingerprint density at radius 1 is 1.15 bits per heavy atom. The third-order valence-electron chi connectivity index (χ3n) is 3.17. The molecular weight excluding hydrogens is 421 g/mol. The molecule has 26 heavy (non-hydrogen) atoms. The number of alkyl halides is 6. The van der Waals surface area contributed by atoms with Gasteiger partial charge < -0.3 is 4.18 Å². The summed E-state index contributed by atoms with van der Waals surface area (Å²) in [6.07, 6.45) is -10.9. The zero-order valence-electron chi connectivity index (χ0n) is 12.4. The van der Waals surface area contributed by atoms with E-state index in [1.807, 2.05) is 0 Å². The molecule has 1 aromatic carbocycles. The fourth-order valence-corrected chi connectivity index (χ4v) is 2.70. The maximum Gasteiger partial charge on any atom is 0.420 e. The lowest BCUT2D eigenvalue weighted by atomic mass is 10.0. The first-order valence-corrected chi connectivity index (χ1v) is 8.55. The maximum atomic E-state index is 14.0. The summed E-state index contributed by atoms with van der Waals surface area (Å²) in [5, 5.41) is -0.459. The second-order valence-electron chi connectivity index (χ2n) is 5.12. The molecule has 1 heterocycles. The normalized spacial score (nSPS) is 17.7. The molecule has 1 N–H and O–H groups in total. The quantitative estimate of drug-likeness (QED) is 0.590. The van der Waals surface area contributed by atoms with Crippen LogP contribution in [0.15, 0.2) is 24.4 Å². The lowest BCUT2D eigenvalue weighted by Crippen LogP contribution is -2.65. The van der Waals surface area contributed by atoms with Crippen LogP contribution in [0.2, 0.25) is 5.02 Å². The molecule has 0 aromatic heterocycles. The van der Waals surface area contributed by atoms with Crippen molar-refractivity contribution in [3.8, 4) is 5.75 Å². The van der Waals surface area contributed by atoms with Crippen molar-refractivity contribution in [1.29, 1.82) is 0 Å². The Labute approximate surface area is 147 Å².